The van der Waals surface area contributed by atoms with Gasteiger partial charge in [0.25, 0.3) is 0 Å². The lowest BCUT2D eigenvalue weighted by molar-refractivity contribution is -0.111. The van der Waals surface area contributed by atoms with Crippen molar-refractivity contribution < 1.29 is 9.53 Å². The molecule has 1 N–H and O–H groups in total. The first kappa shape index (κ1) is 16.8. The summed E-state index contributed by atoms with van der Waals surface area (Å²) in [4.78, 5) is 12.1. The first-order valence-electron chi connectivity index (χ1n) is 7.92. The first-order valence-corrected chi connectivity index (χ1v) is 7.92. The van der Waals surface area contributed by atoms with Crippen LogP contribution in [0.5, 0.6) is 5.75 Å². The van der Waals surface area contributed by atoms with Crippen LogP contribution in [-0.2, 0) is 11.2 Å². The number of rotatable bonds is 6. The maximum atomic E-state index is 12.1. The zero-order valence-corrected chi connectivity index (χ0v) is 13.9. The van der Waals surface area contributed by atoms with Gasteiger partial charge in [-0.25, -0.2) is 0 Å². The van der Waals surface area contributed by atoms with Gasteiger partial charge >= 0.3 is 0 Å². The molecule has 0 saturated heterocycles. The van der Waals surface area contributed by atoms with Gasteiger partial charge in [-0.05, 0) is 55.7 Å². The van der Waals surface area contributed by atoms with Gasteiger partial charge in [0, 0.05) is 11.8 Å². The largest absolute Gasteiger partial charge is 0.491 e. The molecule has 23 heavy (non-hydrogen) atoms. The van der Waals surface area contributed by atoms with Gasteiger partial charge < -0.3 is 10.1 Å². The maximum absolute atomic E-state index is 12.1. The Morgan fingerprint density at radius 2 is 1.96 bits per heavy atom. The van der Waals surface area contributed by atoms with Gasteiger partial charge in [0.1, 0.15) is 5.75 Å². The molecule has 0 radical (unpaired) electrons. The number of anilines is 1. The predicted octanol–water partition coefficient (Wildman–Crippen LogP) is 4.69. The van der Waals surface area contributed by atoms with E-state index in [1.807, 2.05) is 62.4 Å². The molecule has 3 heteroatoms. The van der Waals surface area contributed by atoms with Gasteiger partial charge in [-0.3, -0.25) is 4.79 Å². The van der Waals surface area contributed by atoms with Crippen LogP contribution in [0.2, 0.25) is 0 Å². The highest BCUT2D eigenvalue weighted by atomic mass is 16.5. The minimum Gasteiger partial charge on any atom is -0.491 e. The topological polar surface area (TPSA) is 38.3 Å². The monoisotopic (exact) mass is 309 g/mol. The molecule has 0 aromatic heterocycles. The van der Waals surface area contributed by atoms with Gasteiger partial charge in [-0.1, -0.05) is 37.3 Å². The van der Waals surface area contributed by atoms with E-state index in [1.54, 1.807) is 12.2 Å². The number of hydrogen-bond acceptors (Lipinski definition) is 2. The molecule has 0 spiro atoms. The van der Waals surface area contributed by atoms with Crippen molar-refractivity contribution in [3.05, 3.63) is 65.7 Å². The summed E-state index contributed by atoms with van der Waals surface area (Å²) in [6.07, 6.45) is 4.34. The van der Waals surface area contributed by atoms with Gasteiger partial charge in [0.15, 0.2) is 0 Å². The molecule has 0 aliphatic rings. The standard InChI is InChI=1S/C20H23NO2/c1-4-17-9-5-6-11-19(17)21-20(22)13-12-16-8-7-10-18(14-16)23-15(2)3/h5-15H,4H2,1-3H3,(H,21,22)/b13-12+. The number of hydrogen-bond donors (Lipinski definition) is 1. The van der Waals surface area contributed by atoms with E-state index in [0.717, 1.165) is 29.0 Å². The van der Waals surface area contributed by atoms with Crippen LogP contribution in [-0.4, -0.2) is 12.0 Å². The van der Waals surface area contributed by atoms with E-state index >= 15 is 0 Å². The quantitative estimate of drug-likeness (QED) is 0.786. The maximum Gasteiger partial charge on any atom is 0.248 e. The second-order valence-corrected chi connectivity index (χ2v) is 5.57. The fourth-order valence-electron chi connectivity index (χ4n) is 2.26. The molecule has 120 valence electrons. The molecule has 0 bridgehead atoms. The highest BCUT2D eigenvalue weighted by molar-refractivity contribution is 6.02. The zero-order chi connectivity index (χ0) is 16.7. The third-order valence-corrected chi connectivity index (χ3v) is 3.31. The number of para-hydroxylation sites is 1. The zero-order valence-electron chi connectivity index (χ0n) is 13.9. The van der Waals surface area contributed by atoms with E-state index < -0.39 is 0 Å². The lowest BCUT2D eigenvalue weighted by Crippen LogP contribution is -2.09. The predicted molar refractivity (Wildman–Crippen MR) is 95.7 cm³/mol. The van der Waals surface area contributed by atoms with Crippen molar-refractivity contribution in [1.29, 1.82) is 0 Å². The van der Waals surface area contributed by atoms with Crippen LogP contribution in [0.3, 0.4) is 0 Å². The summed E-state index contributed by atoms with van der Waals surface area (Å²) in [6, 6.07) is 15.5. The average Bonchev–Trinajstić information content (AvgIpc) is 2.53. The SMILES string of the molecule is CCc1ccccc1NC(=O)/C=C/c1cccc(OC(C)C)c1. The van der Waals surface area contributed by atoms with Crippen molar-refractivity contribution in [3.8, 4) is 5.75 Å². The molecular weight excluding hydrogens is 286 g/mol. The normalized spacial score (nSPS) is 11.0. The van der Waals surface area contributed by atoms with Crippen molar-refractivity contribution in [2.45, 2.75) is 33.3 Å². The number of ether oxygens (including phenoxy) is 1. The van der Waals surface area contributed by atoms with Gasteiger partial charge in [-0.2, -0.15) is 0 Å². The van der Waals surface area contributed by atoms with E-state index in [4.69, 9.17) is 4.74 Å². The number of amides is 1. The van der Waals surface area contributed by atoms with Crippen molar-refractivity contribution in [1.82, 2.24) is 0 Å². The van der Waals surface area contributed by atoms with Crippen LogP contribution in [0.4, 0.5) is 5.69 Å². The van der Waals surface area contributed by atoms with Crippen molar-refractivity contribution >= 4 is 17.7 Å². The molecule has 0 unspecified atom stereocenters. The third-order valence-electron chi connectivity index (χ3n) is 3.31. The molecule has 3 nitrogen and oxygen atoms in total. The Morgan fingerprint density at radius 3 is 2.70 bits per heavy atom. The third kappa shape index (κ3) is 5.29. The Labute approximate surface area is 138 Å². The summed E-state index contributed by atoms with van der Waals surface area (Å²) >= 11 is 0. The molecule has 2 rings (SSSR count). The smallest absolute Gasteiger partial charge is 0.248 e. The molecule has 2 aromatic carbocycles. The van der Waals surface area contributed by atoms with Crippen molar-refractivity contribution in [3.63, 3.8) is 0 Å². The van der Waals surface area contributed by atoms with Gasteiger partial charge in [0.05, 0.1) is 6.10 Å². The van der Waals surface area contributed by atoms with E-state index in [2.05, 4.69) is 12.2 Å². The van der Waals surface area contributed by atoms with Crippen LogP contribution in [0.15, 0.2) is 54.6 Å². The molecule has 0 saturated carbocycles. The number of carbonyl (C=O) groups excluding carboxylic acids is 1. The van der Waals surface area contributed by atoms with E-state index in [0.29, 0.717) is 0 Å². The van der Waals surface area contributed by atoms with Gasteiger partial charge in [-0.15, -0.1) is 0 Å². The van der Waals surface area contributed by atoms with Crippen LogP contribution >= 0.6 is 0 Å². The molecular formula is C20H23NO2. The summed E-state index contributed by atoms with van der Waals surface area (Å²) in [7, 11) is 0. The fourth-order valence-corrected chi connectivity index (χ4v) is 2.26. The first-order chi connectivity index (χ1) is 11.1. The Balaban J connectivity index is 2.03. The molecule has 0 aliphatic heterocycles. The summed E-state index contributed by atoms with van der Waals surface area (Å²) in [5, 5.41) is 2.92. The fraction of sp³-hybridized carbons (Fsp3) is 0.250. The Morgan fingerprint density at radius 1 is 1.17 bits per heavy atom. The summed E-state index contributed by atoms with van der Waals surface area (Å²) < 4.78 is 5.65. The summed E-state index contributed by atoms with van der Waals surface area (Å²) in [5.41, 5.74) is 2.92. The number of benzene rings is 2. The Hall–Kier alpha value is -2.55. The van der Waals surface area contributed by atoms with Crippen LogP contribution in [0.25, 0.3) is 6.08 Å². The molecule has 0 atom stereocenters. The minimum absolute atomic E-state index is 0.128. The van der Waals surface area contributed by atoms with Crippen LogP contribution in [0.1, 0.15) is 31.9 Å². The Bertz CT molecular complexity index is 690. The molecule has 1 amide bonds. The average molecular weight is 309 g/mol. The lowest BCUT2D eigenvalue weighted by Gasteiger charge is -2.10. The van der Waals surface area contributed by atoms with Crippen molar-refractivity contribution in [2.75, 3.05) is 5.32 Å². The van der Waals surface area contributed by atoms with Crippen LogP contribution < -0.4 is 10.1 Å². The lowest BCUT2D eigenvalue weighted by atomic mass is 10.1. The Kier molecular flexibility index (Phi) is 5.98. The second kappa shape index (κ2) is 8.18. The molecule has 0 fully saturated rings. The molecule has 0 heterocycles. The summed E-state index contributed by atoms with van der Waals surface area (Å²) in [5.74, 6) is 0.667. The minimum atomic E-state index is -0.138. The van der Waals surface area contributed by atoms with Gasteiger partial charge in [0.2, 0.25) is 5.91 Å². The highest BCUT2D eigenvalue weighted by Gasteiger charge is 2.03. The van der Waals surface area contributed by atoms with Crippen molar-refractivity contribution in [2.24, 2.45) is 0 Å². The second-order valence-electron chi connectivity index (χ2n) is 5.57. The number of aryl methyl sites for hydroxylation is 1. The van der Waals surface area contributed by atoms with E-state index in [-0.39, 0.29) is 12.0 Å². The molecule has 2 aromatic rings. The molecule has 0 aliphatic carbocycles. The number of nitrogens with one attached hydrogen (secondary N) is 1. The number of carbonyl (C=O) groups is 1. The van der Waals surface area contributed by atoms with E-state index in [9.17, 15) is 4.79 Å². The van der Waals surface area contributed by atoms with E-state index in [1.165, 1.54) is 0 Å². The van der Waals surface area contributed by atoms with Crippen LogP contribution in [0, 0.1) is 0 Å². The highest BCUT2D eigenvalue weighted by Crippen LogP contribution is 2.17. The summed E-state index contributed by atoms with van der Waals surface area (Å²) in [6.45, 7) is 6.04.